The molecule has 104 valence electrons. The van der Waals surface area contributed by atoms with Crippen LogP contribution >= 0.6 is 23.2 Å². The standard InChI is InChI=1S/C13H16Cl2N2O2/c14-11-4-3-10(9-12(11)15)13(18)16-19-8-7-17-5-1-2-6-17/h3-4,9H,1-2,5-8H2,(H,16,18). The highest BCUT2D eigenvalue weighted by Crippen LogP contribution is 2.22. The molecule has 4 nitrogen and oxygen atoms in total. The van der Waals surface area contributed by atoms with Gasteiger partial charge in [-0.1, -0.05) is 23.2 Å². The molecule has 1 fully saturated rings. The number of benzene rings is 1. The number of carbonyl (C=O) groups excluding carboxylic acids is 1. The van der Waals surface area contributed by atoms with E-state index in [4.69, 9.17) is 28.0 Å². The Kier molecular flexibility index (Phi) is 5.45. The van der Waals surface area contributed by atoms with Gasteiger partial charge in [-0.05, 0) is 44.1 Å². The van der Waals surface area contributed by atoms with Crippen molar-refractivity contribution >= 4 is 29.1 Å². The van der Waals surface area contributed by atoms with Gasteiger partial charge in [0, 0.05) is 12.1 Å². The molecule has 1 saturated heterocycles. The summed E-state index contributed by atoms with van der Waals surface area (Å²) in [4.78, 5) is 19.2. The summed E-state index contributed by atoms with van der Waals surface area (Å²) in [6.07, 6.45) is 2.49. The van der Waals surface area contributed by atoms with Crippen molar-refractivity contribution < 1.29 is 9.63 Å². The van der Waals surface area contributed by atoms with E-state index in [0.717, 1.165) is 19.6 Å². The summed E-state index contributed by atoms with van der Waals surface area (Å²) < 4.78 is 0. The van der Waals surface area contributed by atoms with Crippen molar-refractivity contribution in [3.8, 4) is 0 Å². The minimum Gasteiger partial charge on any atom is -0.301 e. The molecule has 0 unspecified atom stereocenters. The van der Waals surface area contributed by atoms with Gasteiger partial charge in [0.05, 0.1) is 16.7 Å². The Morgan fingerprint density at radius 3 is 2.68 bits per heavy atom. The molecular weight excluding hydrogens is 287 g/mol. The number of nitrogens with one attached hydrogen (secondary N) is 1. The minimum atomic E-state index is -0.319. The van der Waals surface area contributed by atoms with E-state index in [2.05, 4.69) is 10.4 Å². The first-order valence-electron chi connectivity index (χ1n) is 6.26. The molecule has 2 rings (SSSR count). The van der Waals surface area contributed by atoms with Crippen LogP contribution in [0.2, 0.25) is 10.0 Å². The fourth-order valence-electron chi connectivity index (χ4n) is 1.99. The highest BCUT2D eigenvalue weighted by molar-refractivity contribution is 6.42. The summed E-state index contributed by atoms with van der Waals surface area (Å²) >= 11 is 11.6. The van der Waals surface area contributed by atoms with E-state index in [1.807, 2.05) is 0 Å². The van der Waals surface area contributed by atoms with Crippen LogP contribution in [0.5, 0.6) is 0 Å². The third-order valence-electron chi connectivity index (χ3n) is 3.05. The average Bonchev–Trinajstić information content (AvgIpc) is 2.91. The Bertz CT molecular complexity index is 448. The first-order chi connectivity index (χ1) is 9.16. The van der Waals surface area contributed by atoms with Crippen molar-refractivity contribution in [2.24, 2.45) is 0 Å². The summed E-state index contributed by atoms with van der Waals surface area (Å²) in [7, 11) is 0. The van der Waals surface area contributed by atoms with Gasteiger partial charge in [-0.25, -0.2) is 5.48 Å². The number of nitrogens with zero attached hydrogens (tertiary/aromatic N) is 1. The van der Waals surface area contributed by atoms with Crippen molar-refractivity contribution in [2.75, 3.05) is 26.2 Å². The molecule has 6 heteroatoms. The Balaban J connectivity index is 1.72. The number of hydrogen-bond acceptors (Lipinski definition) is 3. The number of amides is 1. The van der Waals surface area contributed by atoms with Crippen LogP contribution in [0.15, 0.2) is 18.2 Å². The molecule has 0 bridgehead atoms. The summed E-state index contributed by atoms with van der Waals surface area (Å²) in [6, 6.07) is 4.71. The van der Waals surface area contributed by atoms with Crippen LogP contribution in [0.3, 0.4) is 0 Å². The fraction of sp³-hybridized carbons (Fsp3) is 0.462. The zero-order valence-corrected chi connectivity index (χ0v) is 12.0. The molecule has 19 heavy (non-hydrogen) atoms. The number of carbonyl (C=O) groups is 1. The number of likely N-dealkylation sites (tertiary alicyclic amines) is 1. The second-order valence-corrected chi connectivity index (χ2v) is 5.27. The Labute approximate surface area is 122 Å². The number of rotatable bonds is 5. The van der Waals surface area contributed by atoms with Crippen LogP contribution in [0.25, 0.3) is 0 Å². The normalized spacial score (nSPS) is 15.7. The lowest BCUT2D eigenvalue weighted by Gasteiger charge is -2.14. The second-order valence-electron chi connectivity index (χ2n) is 4.46. The van der Waals surface area contributed by atoms with Gasteiger partial charge in [0.2, 0.25) is 0 Å². The van der Waals surface area contributed by atoms with Gasteiger partial charge in [0.1, 0.15) is 0 Å². The van der Waals surface area contributed by atoms with Crippen molar-refractivity contribution in [3.63, 3.8) is 0 Å². The smallest absolute Gasteiger partial charge is 0.274 e. The summed E-state index contributed by atoms with van der Waals surface area (Å²) in [5.74, 6) is -0.319. The topological polar surface area (TPSA) is 41.6 Å². The maximum absolute atomic E-state index is 11.8. The highest BCUT2D eigenvalue weighted by Gasteiger charge is 2.11. The molecule has 0 aromatic heterocycles. The van der Waals surface area contributed by atoms with E-state index in [9.17, 15) is 4.79 Å². The van der Waals surface area contributed by atoms with Gasteiger partial charge in [-0.3, -0.25) is 9.63 Å². The van der Waals surface area contributed by atoms with Crippen molar-refractivity contribution in [3.05, 3.63) is 33.8 Å². The molecule has 1 aliphatic heterocycles. The Morgan fingerprint density at radius 2 is 2.00 bits per heavy atom. The predicted molar refractivity (Wildman–Crippen MR) is 75.6 cm³/mol. The first-order valence-corrected chi connectivity index (χ1v) is 7.02. The van der Waals surface area contributed by atoms with Gasteiger partial charge < -0.3 is 4.90 Å². The van der Waals surface area contributed by atoms with E-state index in [1.54, 1.807) is 12.1 Å². The van der Waals surface area contributed by atoms with Crippen LogP contribution in [-0.4, -0.2) is 37.0 Å². The van der Waals surface area contributed by atoms with Crippen molar-refractivity contribution in [1.82, 2.24) is 10.4 Å². The maximum Gasteiger partial charge on any atom is 0.274 e. The first kappa shape index (κ1) is 14.6. The minimum absolute atomic E-state index is 0.319. The number of hydroxylamine groups is 1. The van der Waals surface area contributed by atoms with Gasteiger partial charge in [0.15, 0.2) is 0 Å². The zero-order chi connectivity index (χ0) is 13.7. The SMILES string of the molecule is O=C(NOCCN1CCCC1)c1ccc(Cl)c(Cl)c1. The zero-order valence-electron chi connectivity index (χ0n) is 10.5. The molecule has 0 aliphatic carbocycles. The second kappa shape index (κ2) is 7.10. The lowest BCUT2D eigenvalue weighted by atomic mass is 10.2. The molecule has 1 aromatic carbocycles. The molecule has 0 spiro atoms. The van der Waals surface area contributed by atoms with Crippen molar-refractivity contribution in [1.29, 1.82) is 0 Å². The maximum atomic E-state index is 11.8. The predicted octanol–water partition coefficient (Wildman–Crippen LogP) is 2.75. The third-order valence-corrected chi connectivity index (χ3v) is 3.79. The lowest BCUT2D eigenvalue weighted by molar-refractivity contribution is 0.0244. The number of hydrogen-bond donors (Lipinski definition) is 1. The fourth-order valence-corrected chi connectivity index (χ4v) is 2.29. The van der Waals surface area contributed by atoms with Crippen LogP contribution in [0.1, 0.15) is 23.2 Å². The molecule has 0 radical (unpaired) electrons. The largest absolute Gasteiger partial charge is 0.301 e. The molecule has 0 atom stereocenters. The summed E-state index contributed by atoms with van der Waals surface area (Å²) in [5, 5.41) is 0.777. The van der Waals surface area contributed by atoms with Crippen LogP contribution in [0, 0.1) is 0 Å². The van der Waals surface area contributed by atoms with Gasteiger partial charge in [-0.15, -0.1) is 0 Å². The average molecular weight is 303 g/mol. The van der Waals surface area contributed by atoms with Crippen LogP contribution in [0.4, 0.5) is 0 Å². The van der Waals surface area contributed by atoms with E-state index in [0.29, 0.717) is 22.2 Å². The summed E-state index contributed by atoms with van der Waals surface area (Å²) in [6.45, 7) is 3.54. The Morgan fingerprint density at radius 1 is 1.26 bits per heavy atom. The lowest BCUT2D eigenvalue weighted by Crippen LogP contribution is -2.30. The molecule has 1 amide bonds. The monoisotopic (exact) mass is 302 g/mol. The van der Waals surface area contributed by atoms with Gasteiger partial charge in [-0.2, -0.15) is 0 Å². The molecular formula is C13H16Cl2N2O2. The Hall–Kier alpha value is -0.810. The molecule has 0 saturated carbocycles. The molecule has 1 aromatic rings. The highest BCUT2D eigenvalue weighted by atomic mass is 35.5. The van der Waals surface area contributed by atoms with E-state index >= 15 is 0 Å². The summed E-state index contributed by atoms with van der Waals surface area (Å²) in [5.41, 5.74) is 2.83. The van der Waals surface area contributed by atoms with Crippen molar-refractivity contribution in [2.45, 2.75) is 12.8 Å². The molecule has 1 aliphatic rings. The van der Waals surface area contributed by atoms with E-state index < -0.39 is 0 Å². The number of halogens is 2. The molecule has 1 N–H and O–H groups in total. The molecule has 1 heterocycles. The third kappa shape index (κ3) is 4.35. The van der Waals surface area contributed by atoms with Crippen LogP contribution < -0.4 is 5.48 Å². The quantitative estimate of drug-likeness (QED) is 0.672. The van der Waals surface area contributed by atoms with E-state index in [-0.39, 0.29) is 5.91 Å². The van der Waals surface area contributed by atoms with Gasteiger partial charge >= 0.3 is 0 Å². The van der Waals surface area contributed by atoms with Crippen LogP contribution in [-0.2, 0) is 4.84 Å². The van der Waals surface area contributed by atoms with Gasteiger partial charge in [0.25, 0.3) is 5.91 Å². The van der Waals surface area contributed by atoms with E-state index in [1.165, 1.54) is 18.9 Å².